The average molecular weight is 583 g/mol. The zero-order valence-corrected chi connectivity index (χ0v) is 29.5. The SMILES string of the molecule is CC(C)(C)C(=O)C(C)(C)C.CC(C)(C)C1CC(=O)N(C(C)(C)C)C1=O.CC(C)(C)NC(=O)C(CC(=O)O)C(C)(C)C. The number of Topliss-reactive ketones (excluding diaryl/α,β-unsaturated/α-hetero) is 1. The maximum Gasteiger partial charge on any atom is 0.304 e. The number of carboxylic acid groups (broad SMARTS) is 1. The number of carboxylic acids is 1. The van der Waals surface area contributed by atoms with Gasteiger partial charge in [0.25, 0.3) is 0 Å². The molecule has 1 fully saturated rings. The van der Waals surface area contributed by atoms with Crippen molar-refractivity contribution < 1.29 is 29.1 Å². The molecule has 8 nitrogen and oxygen atoms in total. The quantitative estimate of drug-likeness (QED) is 0.350. The molecule has 1 aliphatic heterocycles. The number of hydrogen-bond donors (Lipinski definition) is 2. The van der Waals surface area contributed by atoms with Crippen LogP contribution >= 0.6 is 0 Å². The van der Waals surface area contributed by atoms with Crippen LogP contribution in [0.15, 0.2) is 0 Å². The molecule has 0 radical (unpaired) electrons. The van der Waals surface area contributed by atoms with Gasteiger partial charge in [0.05, 0.1) is 18.3 Å². The Morgan fingerprint density at radius 2 is 1.17 bits per heavy atom. The molecule has 0 aromatic carbocycles. The number of imide groups is 1. The van der Waals surface area contributed by atoms with Gasteiger partial charge in [-0.3, -0.25) is 28.9 Å². The van der Waals surface area contributed by atoms with Crippen molar-refractivity contribution in [2.24, 2.45) is 33.5 Å². The smallest absolute Gasteiger partial charge is 0.304 e. The van der Waals surface area contributed by atoms with Gasteiger partial charge in [0.15, 0.2) is 0 Å². The molecule has 0 spiro atoms. The maximum atomic E-state index is 12.1. The van der Waals surface area contributed by atoms with E-state index in [1.807, 2.05) is 125 Å². The van der Waals surface area contributed by atoms with Crippen molar-refractivity contribution >= 4 is 29.5 Å². The minimum atomic E-state index is -0.941. The van der Waals surface area contributed by atoms with Gasteiger partial charge in [-0.1, -0.05) is 83.1 Å². The van der Waals surface area contributed by atoms with Gasteiger partial charge < -0.3 is 10.4 Å². The second-order valence-corrected chi connectivity index (χ2v) is 17.4. The molecule has 1 rings (SSSR count). The number of nitrogens with zero attached hydrogens (tertiary/aromatic N) is 1. The lowest BCUT2D eigenvalue weighted by Crippen LogP contribution is -2.47. The molecule has 2 atom stereocenters. The molecule has 8 heteroatoms. The molecule has 1 aliphatic rings. The van der Waals surface area contributed by atoms with Crippen molar-refractivity contribution in [2.75, 3.05) is 0 Å². The summed E-state index contributed by atoms with van der Waals surface area (Å²) in [6.07, 6.45) is 0.227. The van der Waals surface area contributed by atoms with Gasteiger partial charge in [-0.05, 0) is 52.4 Å². The number of nitrogens with one attached hydrogen (secondary N) is 1. The number of amides is 3. The van der Waals surface area contributed by atoms with Crippen LogP contribution in [-0.4, -0.2) is 50.6 Å². The Hall–Kier alpha value is -2.25. The lowest BCUT2D eigenvalue weighted by atomic mass is 9.76. The third-order valence-corrected chi connectivity index (χ3v) is 6.46. The molecule has 0 saturated carbocycles. The number of carbonyl (C=O) groups excluding carboxylic acids is 4. The molecule has 2 N–H and O–H groups in total. The second kappa shape index (κ2) is 13.8. The van der Waals surface area contributed by atoms with E-state index in [1.165, 1.54) is 4.90 Å². The van der Waals surface area contributed by atoms with Crippen LogP contribution in [0, 0.1) is 33.5 Å². The van der Waals surface area contributed by atoms with E-state index in [0.29, 0.717) is 12.2 Å². The zero-order valence-electron chi connectivity index (χ0n) is 29.5. The molecular weight excluding hydrogens is 520 g/mol. The topological polar surface area (TPSA) is 121 Å². The molecule has 0 aromatic rings. The largest absolute Gasteiger partial charge is 0.481 e. The Kier molecular flexibility index (Phi) is 13.8. The fraction of sp³-hybridized carbons (Fsp3) is 0.848. The third-order valence-electron chi connectivity index (χ3n) is 6.46. The van der Waals surface area contributed by atoms with E-state index in [1.54, 1.807) is 0 Å². The van der Waals surface area contributed by atoms with Crippen LogP contribution in [0.5, 0.6) is 0 Å². The average Bonchev–Trinajstić information content (AvgIpc) is 2.97. The van der Waals surface area contributed by atoms with Crippen LogP contribution in [-0.2, 0) is 24.0 Å². The Labute approximate surface area is 250 Å². The first-order valence-electron chi connectivity index (χ1n) is 14.6. The standard InChI is InChI=1S/C12H23NO3.C12H21NO2.C9H18O/c1-11(2,3)8(7-9(14)15)10(16)13-12(4,5)6;1-11(2,3)8-7-9(14)13(10(8)15)12(4,5)6;1-8(2,3)7(10)9(4,5)6/h8H,7H2,1-6H3,(H,13,16)(H,14,15);8H,7H2,1-6H3;1-6H3. The normalized spacial score (nSPS) is 17.6. The molecule has 0 aliphatic carbocycles. The zero-order chi connectivity index (χ0) is 33.7. The van der Waals surface area contributed by atoms with Crippen molar-refractivity contribution in [3.05, 3.63) is 0 Å². The molecule has 2 unspecified atom stereocenters. The van der Waals surface area contributed by atoms with E-state index in [0.717, 1.165) is 0 Å². The summed E-state index contributed by atoms with van der Waals surface area (Å²) in [4.78, 5) is 59.5. The van der Waals surface area contributed by atoms with E-state index in [2.05, 4.69) is 5.32 Å². The summed E-state index contributed by atoms with van der Waals surface area (Å²) in [6, 6.07) is 0. The summed E-state index contributed by atoms with van der Waals surface area (Å²) < 4.78 is 0. The molecule has 0 bridgehead atoms. The highest BCUT2D eigenvalue weighted by molar-refractivity contribution is 6.04. The number of hydrogen-bond acceptors (Lipinski definition) is 5. The Bertz CT molecular complexity index is 923. The maximum absolute atomic E-state index is 12.1. The van der Waals surface area contributed by atoms with Gasteiger partial charge in [-0.2, -0.15) is 0 Å². The van der Waals surface area contributed by atoms with E-state index in [-0.39, 0.29) is 57.3 Å². The molecule has 41 heavy (non-hydrogen) atoms. The van der Waals surface area contributed by atoms with Crippen molar-refractivity contribution in [2.45, 2.75) is 149 Å². The summed E-state index contributed by atoms with van der Waals surface area (Å²) in [5.41, 5.74) is -1.61. The fourth-order valence-electron chi connectivity index (χ4n) is 4.56. The van der Waals surface area contributed by atoms with Crippen LogP contribution in [0.1, 0.15) is 137 Å². The van der Waals surface area contributed by atoms with E-state index in [4.69, 9.17) is 5.11 Å². The van der Waals surface area contributed by atoms with Crippen LogP contribution in [0.4, 0.5) is 0 Å². The van der Waals surface area contributed by atoms with Gasteiger partial charge in [-0.25, -0.2) is 0 Å². The minimum absolute atomic E-state index is 0.0139. The van der Waals surface area contributed by atoms with Crippen LogP contribution in [0.25, 0.3) is 0 Å². The summed E-state index contributed by atoms with van der Waals surface area (Å²) in [6.45, 7) is 34.7. The van der Waals surface area contributed by atoms with Crippen molar-refractivity contribution in [3.63, 3.8) is 0 Å². The highest BCUT2D eigenvalue weighted by atomic mass is 16.4. The highest BCUT2D eigenvalue weighted by Crippen LogP contribution is 2.38. The number of ketones is 1. The number of rotatable bonds is 3. The molecule has 1 saturated heterocycles. The second-order valence-electron chi connectivity index (χ2n) is 17.4. The van der Waals surface area contributed by atoms with Crippen LogP contribution in [0.2, 0.25) is 0 Å². The summed E-state index contributed by atoms with van der Waals surface area (Å²) >= 11 is 0. The summed E-state index contributed by atoms with van der Waals surface area (Å²) in [5, 5.41) is 11.6. The fourth-order valence-corrected chi connectivity index (χ4v) is 4.56. The Morgan fingerprint density at radius 3 is 1.34 bits per heavy atom. The number of likely N-dealkylation sites (tertiary alicyclic amines) is 1. The van der Waals surface area contributed by atoms with Crippen molar-refractivity contribution in [1.82, 2.24) is 10.2 Å². The van der Waals surface area contributed by atoms with Gasteiger partial charge >= 0.3 is 5.97 Å². The first kappa shape index (κ1) is 40.9. The predicted octanol–water partition coefficient (Wildman–Crippen LogP) is 6.89. The number of aliphatic carboxylic acids is 1. The van der Waals surface area contributed by atoms with Gasteiger partial charge in [0, 0.05) is 28.3 Å². The van der Waals surface area contributed by atoms with E-state index in [9.17, 15) is 24.0 Å². The lowest BCUT2D eigenvalue weighted by Gasteiger charge is -2.32. The molecule has 0 aromatic heterocycles. The monoisotopic (exact) mass is 582 g/mol. The van der Waals surface area contributed by atoms with Gasteiger partial charge in [0.1, 0.15) is 5.78 Å². The lowest BCUT2D eigenvalue weighted by molar-refractivity contribution is -0.145. The third kappa shape index (κ3) is 15.0. The van der Waals surface area contributed by atoms with Crippen LogP contribution < -0.4 is 5.32 Å². The van der Waals surface area contributed by atoms with E-state index < -0.39 is 17.4 Å². The van der Waals surface area contributed by atoms with Crippen molar-refractivity contribution in [3.8, 4) is 0 Å². The minimum Gasteiger partial charge on any atom is -0.481 e. The van der Waals surface area contributed by atoms with Crippen LogP contribution in [0.3, 0.4) is 0 Å². The number of carbonyl (C=O) groups is 5. The summed E-state index contributed by atoms with van der Waals surface area (Å²) in [5.74, 6) is -1.53. The first-order chi connectivity index (χ1) is 17.6. The first-order valence-corrected chi connectivity index (χ1v) is 14.6. The highest BCUT2D eigenvalue weighted by Gasteiger charge is 2.48. The molecular formula is C33H62N2O6. The summed E-state index contributed by atoms with van der Waals surface area (Å²) in [7, 11) is 0. The molecule has 240 valence electrons. The molecule has 3 amide bonds. The Morgan fingerprint density at radius 1 is 0.780 bits per heavy atom. The van der Waals surface area contributed by atoms with Crippen molar-refractivity contribution in [1.29, 1.82) is 0 Å². The molecule has 1 heterocycles. The predicted molar refractivity (Wildman–Crippen MR) is 166 cm³/mol. The van der Waals surface area contributed by atoms with Gasteiger partial charge in [0.2, 0.25) is 17.7 Å². The van der Waals surface area contributed by atoms with E-state index >= 15 is 0 Å². The Balaban J connectivity index is 0. The van der Waals surface area contributed by atoms with Gasteiger partial charge in [-0.15, -0.1) is 0 Å².